The van der Waals surface area contributed by atoms with Crippen LogP contribution in [0.3, 0.4) is 0 Å². The van der Waals surface area contributed by atoms with Gasteiger partial charge in [0.25, 0.3) is 5.91 Å². The smallest absolute Gasteiger partial charge is 0.271 e. The predicted molar refractivity (Wildman–Crippen MR) is 92.3 cm³/mol. The molecule has 0 atom stereocenters. The first-order valence-electron chi connectivity index (χ1n) is 7.32. The SMILES string of the molecule is Cc1cc(C)nc(Nc2nc(C(=O)NCc3ccncc3)cs2)n1. The number of thiazole rings is 1. The van der Waals surface area contributed by atoms with Gasteiger partial charge in [-0.05, 0) is 37.6 Å². The molecule has 3 aromatic heterocycles. The third-order valence-electron chi connectivity index (χ3n) is 3.14. The van der Waals surface area contributed by atoms with Crippen LogP contribution in [-0.4, -0.2) is 25.8 Å². The molecule has 0 unspecified atom stereocenters. The molecule has 0 saturated heterocycles. The van der Waals surface area contributed by atoms with Crippen molar-refractivity contribution in [2.75, 3.05) is 5.32 Å². The quantitative estimate of drug-likeness (QED) is 0.742. The molecule has 1 amide bonds. The Hall–Kier alpha value is -2.87. The number of carbonyl (C=O) groups is 1. The Morgan fingerprint density at radius 3 is 2.54 bits per heavy atom. The van der Waals surface area contributed by atoms with E-state index in [-0.39, 0.29) is 5.91 Å². The average Bonchev–Trinajstić information content (AvgIpc) is 3.01. The Morgan fingerprint density at radius 1 is 1.12 bits per heavy atom. The van der Waals surface area contributed by atoms with Gasteiger partial charge < -0.3 is 10.6 Å². The van der Waals surface area contributed by atoms with E-state index in [4.69, 9.17) is 0 Å². The van der Waals surface area contributed by atoms with Gasteiger partial charge in [-0.1, -0.05) is 0 Å². The maximum atomic E-state index is 12.2. The molecule has 0 aliphatic rings. The molecular weight excluding hydrogens is 324 g/mol. The lowest BCUT2D eigenvalue weighted by atomic mass is 10.2. The summed E-state index contributed by atoms with van der Waals surface area (Å²) in [4.78, 5) is 29.0. The van der Waals surface area contributed by atoms with Crippen molar-refractivity contribution < 1.29 is 4.79 Å². The fourth-order valence-electron chi connectivity index (χ4n) is 2.09. The third kappa shape index (κ3) is 4.11. The molecule has 3 rings (SSSR count). The number of anilines is 2. The van der Waals surface area contributed by atoms with E-state index >= 15 is 0 Å². The number of hydrogen-bond donors (Lipinski definition) is 2. The minimum Gasteiger partial charge on any atom is -0.347 e. The number of carbonyl (C=O) groups excluding carboxylic acids is 1. The Labute approximate surface area is 143 Å². The zero-order valence-electron chi connectivity index (χ0n) is 13.3. The third-order valence-corrected chi connectivity index (χ3v) is 3.90. The van der Waals surface area contributed by atoms with E-state index in [2.05, 4.69) is 30.6 Å². The van der Waals surface area contributed by atoms with Gasteiger partial charge >= 0.3 is 0 Å². The molecule has 2 N–H and O–H groups in total. The Balaban J connectivity index is 1.63. The summed E-state index contributed by atoms with van der Waals surface area (Å²) in [7, 11) is 0. The van der Waals surface area contributed by atoms with Crippen LogP contribution in [0.4, 0.5) is 11.1 Å². The number of rotatable bonds is 5. The molecule has 8 heteroatoms. The first-order valence-corrected chi connectivity index (χ1v) is 8.20. The summed E-state index contributed by atoms with van der Waals surface area (Å²) >= 11 is 1.33. The molecule has 24 heavy (non-hydrogen) atoms. The van der Waals surface area contributed by atoms with Crippen LogP contribution >= 0.6 is 11.3 Å². The lowest BCUT2D eigenvalue weighted by Gasteiger charge is -2.04. The molecule has 3 heterocycles. The minimum absolute atomic E-state index is 0.225. The summed E-state index contributed by atoms with van der Waals surface area (Å²) in [6.07, 6.45) is 3.38. The first kappa shape index (κ1) is 16.0. The van der Waals surface area contributed by atoms with Gasteiger partial charge in [0.2, 0.25) is 5.95 Å². The molecule has 0 radical (unpaired) electrons. The second-order valence-electron chi connectivity index (χ2n) is 5.18. The summed E-state index contributed by atoms with van der Waals surface area (Å²) in [6, 6.07) is 5.60. The lowest BCUT2D eigenvalue weighted by molar-refractivity contribution is 0.0946. The van der Waals surface area contributed by atoms with Crippen LogP contribution in [0.1, 0.15) is 27.4 Å². The first-order chi connectivity index (χ1) is 11.6. The van der Waals surface area contributed by atoms with Gasteiger partial charge in [-0.25, -0.2) is 15.0 Å². The van der Waals surface area contributed by atoms with Gasteiger partial charge in [-0.2, -0.15) is 0 Å². The van der Waals surface area contributed by atoms with Crippen LogP contribution in [0, 0.1) is 13.8 Å². The van der Waals surface area contributed by atoms with E-state index in [1.54, 1.807) is 17.8 Å². The highest BCUT2D eigenvalue weighted by molar-refractivity contribution is 7.14. The molecule has 0 aliphatic carbocycles. The van der Waals surface area contributed by atoms with Crippen LogP contribution in [0.2, 0.25) is 0 Å². The topological polar surface area (TPSA) is 92.7 Å². The number of aromatic nitrogens is 4. The van der Waals surface area contributed by atoms with Gasteiger partial charge in [0.15, 0.2) is 5.13 Å². The summed E-state index contributed by atoms with van der Waals surface area (Å²) in [5.41, 5.74) is 3.09. The van der Waals surface area contributed by atoms with Gasteiger partial charge in [0.1, 0.15) is 5.69 Å². The van der Waals surface area contributed by atoms with Crippen LogP contribution in [0.5, 0.6) is 0 Å². The van der Waals surface area contributed by atoms with Crippen molar-refractivity contribution in [2.24, 2.45) is 0 Å². The molecule has 122 valence electrons. The number of nitrogens with one attached hydrogen (secondary N) is 2. The summed E-state index contributed by atoms with van der Waals surface area (Å²) < 4.78 is 0. The summed E-state index contributed by atoms with van der Waals surface area (Å²) in [5.74, 6) is 0.253. The van der Waals surface area contributed by atoms with Crippen LogP contribution < -0.4 is 10.6 Å². The number of hydrogen-bond acceptors (Lipinski definition) is 7. The van der Waals surface area contributed by atoms with Crippen LogP contribution in [0.25, 0.3) is 0 Å². The molecule has 7 nitrogen and oxygen atoms in total. The van der Waals surface area contributed by atoms with E-state index in [1.807, 2.05) is 32.0 Å². The minimum atomic E-state index is -0.225. The molecular formula is C16H16N6OS. The molecule has 3 aromatic rings. The number of aryl methyl sites for hydroxylation is 2. The van der Waals surface area contributed by atoms with Crippen molar-refractivity contribution in [2.45, 2.75) is 20.4 Å². The zero-order chi connectivity index (χ0) is 16.9. The number of amides is 1. The van der Waals surface area contributed by atoms with Crippen molar-refractivity contribution in [1.29, 1.82) is 0 Å². The molecule has 0 spiro atoms. The van der Waals surface area contributed by atoms with Crippen molar-refractivity contribution in [3.8, 4) is 0 Å². The van der Waals surface area contributed by atoms with E-state index in [0.29, 0.717) is 23.3 Å². The van der Waals surface area contributed by atoms with Crippen molar-refractivity contribution >= 4 is 28.3 Å². The predicted octanol–water partition coefficient (Wildman–Crippen LogP) is 2.62. The van der Waals surface area contributed by atoms with Crippen molar-refractivity contribution in [3.63, 3.8) is 0 Å². The average molecular weight is 340 g/mol. The zero-order valence-corrected chi connectivity index (χ0v) is 14.1. The highest BCUT2D eigenvalue weighted by Crippen LogP contribution is 2.19. The van der Waals surface area contributed by atoms with Gasteiger partial charge in [-0.3, -0.25) is 9.78 Å². The Morgan fingerprint density at radius 2 is 1.83 bits per heavy atom. The van der Waals surface area contributed by atoms with Gasteiger partial charge in [0, 0.05) is 35.7 Å². The van der Waals surface area contributed by atoms with E-state index < -0.39 is 0 Å². The highest BCUT2D eigenvalue weighted by atomic mass is 32.1. The lowest BCUT2D eigenvalue weighted by Crippen LogP contribution is -2.23. The maximum Gasteiger partial charge on any atom is 0.271 e. The highest BCUT2D eigenvalue weighted by Gasteiger charge is 2.11. The molecule has 0 aromatic carbocycles. The van der Waals surface area contributed by atoms with Crippen LogP contribution in [-0.2, 0) is 6.54 Å². The van der Waals surface area contributed by atoms with Gasteiger partial charge in [0.05, 0.1) is 0 Å². The molecule has 0 fully saturated rings. The fraction of sp³-hybridized carbons (Fsp3) is 0.188. The summed E-state index contributed by atoms with van der Waals surface area (Å²) in [5, 5.41) is 8.14. The van der Waals surface area contributed by atoms with Crippen molar-refractivity contribution in [3.05, 3.63) is 58.6 Å². The second-order valence-corrected chi connectivity index (χ2v) is 6.03. The number of nitrogens with zero attached hydrogens (tertiary/aromatic N) is 4. The van der Waals surface area contributed by atoms with Crippen LogP contribution in [0.15, 0.2) is 36.0 Å². The van der Waals surface area contributed by atoms with Crippen molar-refractivity contribution in [1.82, 2.24) is 25.3 Å². The standard InChI is InChI=1S/C16H16N6OS/c1-10-7-11(2)20-15(19-10)22-16-21-13(9-24-16)14(23)18-8-12-3-5-17-6-4-12/h3-7,9H,8H2,1-2H3,(H,18,23)(H,19,20,21,22). The van der Waals surface area contributed by atoms with E-state index in [1.165, 1.54) is 11.3 Å². The Bertz CT molecular complexity index is 829. The van der Waals surface area contributed by atoms with Gasteiger partial charge in [-0.15, -0.1) is 11.3 Å². The molecule has 0 aliphatic heterocycles. The number of pyridine rings is 1. The Kier molecular flexibility index (Phi) is 4.76. The molecule has 0 bridgehead atoms. The van der Waals surface area contributed by atoms with E-state index in [9.17, 15) is 4.79 Å². The second kappa shape index (κ2) is 7.14. The largest absolute Gasteiger partial charge is 0.347 e. The summed E-state index contributed by atoms with van der Waals surface area (Å²) in [6.45, 7) is 4.24. The monoisotopic (exact) mass is 340 g/mol. The molecule has 0 saturated carbocycles. The maximum absolute atomic E-state index is 12.2. The van der Waals surface area contributed by atoms with E-state index in [0.717, 1.165) is 17.0 Å². The normalized spacial score (nSPS) is 10.4. The fourth-order valence-corrected chi connectivity index (χ4v) is 2.77.